The molecule has 0 aliphatic rings. The molecule has 0 aliphatic heterocycles. The largest absolute Gasteiger partial charge is 0.321 e. The SMILES string of the molecule is Cl.N[C@@H](CF)c1cc(Br)cs1. The molecule has 1 rings (SSSR count). The number of nitrogens with two attached hydrogens (primary N) is 1. The van der Waals surface area contributed by atoms with E-state index in [1.165, 1.54) is 11.3 Å². The third-order valence-corrected chi connectivity index (χ3v) is 2.94. The maximum atomic E-state index is 11.9. The average Bonchev–Trinajstić information content (AvgIpc) is 2.34. The Morgan fingerprint density at radius 1 is 1.73 bits per heavy atom. The predicted molar refractivity (Wildman–Crippen MR) is 52.2 cm³/mol. The molecule has 11 heavy (non-hydrogen) atoms. The zero-order valence-corrected chi connectivity index (χ0v) is 8.81. The van der Waals surface area contributed by atoms with Crippen LogP contribution in [0.4, 0.5) is 4.39 Å². The van der Waals surface area contributed by atoms with Gasteiger partial charge in [-0.15, -0.1) is 23.7 Å². The van der Waals surface area contributed by atoms with Crippen LogP contribution >= 0.6 is 39.7 Å². The molecule has 0 radical (unpaired) electrons. The Balaban J connectivity index is 0.000001000. The fraction of sp³-hybridized carbons (Fsp3) is 0.333. The van der Waals surface area contributed by atoms with Gasteiger partial charge in [0, 0.05) is 14.7 Å². The second-order valence-corrected chi connectivity index (χ2v) is 3.79. The lowest BCUT2D eigenvalue weighted by molar-refractivity contribution is 0.440. The van der Waals surface area contributed by atoms with Crippen molar-refractivity contribution in [2.24, 2.45) is 5.73 Å². The summed E-state index contributed by atoms with van der Waals surface area (Å²) in [5, 5.41) is 1.89. The summed E-state index contributed by atoms with van der Waals surface area (Å²) >= 11 is 4.73. The van der Waals surface area contributed by atoms with E-state index in [2.05, 4.69) is 15.9 Å². The molecule has 0 fully saturated rings. The van der Waals surface area contributed by atoms with E-state index < -0.39 is 12.7 Å². The normalized spacial score (nSPS) is 12.3. The molecule has 5 heteroatoms. The fourth-order valence-electron chi connectivity index (χ4n) is 0.599. The Kier molecular flexibility index (Phi) is 5.25. The maximum Gasteiger partial charge on any atom is 0.109 e. The minimum atomic E-state index is -0.493. The molecule has 1 aromatic rings. The zero-order chi connectivity index (χ0) is 7.56. The molecule has 64 valence electrons. The summed E-state index contributed by atoms with van der Waals surface area (Å²) in [6.07, 6.45) is 0. The highest BCUT2D eigenvalue weighted by Gasteiger charge is 2.06. The summed E-state index contributed by atoms with van der Waals surface area (Å²) in [6.45, 7) is -0.493. The van der Waals surface area contributed by atoms with Gasteiger partial charge in [-0.25, -0.2) is 4.39 Å². The highest BCUT2D eigenvalue weighted by Crippen LogP contribution is 2.24. The Bertz CT molecular complexity index is 218. The Hall–Kier alpha value is 0.360. The van der Waals surface area contributed by atoms with Gasteiger partial charge in [-0.3, -0.25) is 0 Å². The molecule has 1 nitrogen and oxygen atoms in total. The van der Waals surface area contributed by atoms with E-state index in [1.807, 2.05) is 11.4 Å². The van der Waals surface area contributed by atoms with Gasteiger partial charge in [0.25, 0.3) is 0 Å². The van der Waals surface area contributed by atoms with E-state index in [1.54, 1.807) is 0 Å². The second kappa shape index (κ2) is 5.09. The van der Waals surface area contributed by atoms with Crippen LogP contribution in [0.2, 0.25) is 0 Å². The Morgan fingerprint density at radius 2 is 2.36 bits per heavy atom. The molecular formula is C6H8BrClFNS. The van der Waals surface area contributed by atoms with Crippen LogP contribution in [0, 0.1) is 0 Å². The number of hydrogen-bond acceptors (Lipinski definition) is 2. The van der Waals surface area contributed by atoms with Crippen LogP contribution in [0.15, 0.2) is 15.9 Å². The average molecular weight is 261 g/mol. The molecule has 0 bridgehead atoms. The van der Waals surface area contributed by atoms with Crippen molar-refractivity contribution in [1.82, 2.24) is 0 Å². The van der Waals surface area contributed by atoms with E-state index in [9.17, 15) is 4.39 Å². The summed E-state index contributed by atoms with van der Waals surface area (Å²) in [6, 6.07) is 1.39. The summed E-state index contributed by atoms with van der Waals surface area (Å²) < 4.78 is 12.9. The molecular weight excluding hydrogens is 252 g/mol. The first-order valence-corrected chi connectivity index (χ1v) is 4.47. The van der Waals surface area contributed by atoms with Crippen molar-refractivity contribution >= 4 is 39.7 Å². The molecule has 0 unspecified atom stereocenters. The first-order chi connectivity index (χ1) is 4.74. The summed E-state index contributed by atoms with van der Waals surface area (Å²) in [4.78, 5) is 0.884. The summed E-state index contributed by atoms with van der Waals surface area (Å²) in [5.74, 6) is 0. The smallest absolute Gasteiger partial charge is 0.109 e. The van der Waals surface area contributed by atoms with Crippen LogP contribution in [0.1, 0.15) is 10.9 Å². The summed E-state index contributed by atoms with van der Waals surface area (Å²) in [7, 11) is 0. The molecule has 0 aromatic carbocycles. The summed E-state index contributed by atoms with van der Waals surface area (Å²) in [5.41, 5.74) is 5.42. The fourth-order valence-corrected chi connectivity index (χ4v) is 2.03. The topological polar surface area (TPSA) is 26.0 Å². The van der Waals surface area contributed by atoms with Crippen LogP contribution < -0.4 is 5.73 Å². The van der Waals surface area contributed by atoms with Crippen LogP contribution in [-0.4, -0.2) is 6.67 Å². The number of alkyl halides is 1. The van der Waals surface area contributed by atoms with Gasteiger partial charge in [0.2, 0.25) is 0 Å². The van der Waals surface area contributed by atoms with Gasteiger partial charge in [-0.1, -0.05) is 0 Å². The van der Waals surface area contributed by atoms with Crippen molar-refractivity contribution in [1.29, 1.82) is 0 Å². The van der Waals surface area contributed by atoms with Crippen LogP contribution in [0.25, 0.3) is 0 Å². The standard InChI is InChI=1S/C6H7BrFNS.ClH/c7-4-1-6(10-3-4)5(9)2-8;/h1,3,5H,2,9H2;1H/t5-;/m0./s1. The van der Waals surface area contributed by atoms with E-state index in [0.717, 1.165) is 9.35 Å². The van der Waals surface area contributed by atoms with Crippen molar-refractivity contribution in [3.8, 4) is 0 Å². The first kappa shape index (κ1) is 11.4. The van der Waals surface area contributed by atoms with E-state index in [-0.39, 0.29) is 12.4 Å². The molecule has 0 aliphatic carbocycles. The van der Waals surface area contributed by atoms with Gasteiger partial charge in [0.15, 0.2) is 0 Å². The van der Waals surface area contributed by atoms with Gasteiger partial charge in [-0.2, -0.15) is 0 Å². The zero-order valence-electron chi connectivity index (χ0n) is 5.59. The van der Waals surface area contributed by atoms with E-state index in [0.29, 0.717) is 0 Å². The van der Waals surface area contributed by atoms with E-state index in [4.69, 9.17) is 5.73 Å². The van der Waals surface area contributed by atoms with Gasteiger partial charge in [0.05, 0.1) is 6.04 Å². The lowest BCUT2D eigenvalue weighted by atomic mass is 10.3. The molecule has 1 aromatic heterocycles. The number of rotatable bonds is 2. The van der Waals surface area contributed by atoms with E-state index >= 15 is 0 Å². The highest BCUT2D eigenvalue weighted by molar-refractivity contribution is 9.10. The minimum Gasteiger partial charge on any atom is -0.321 e. The molecule has 1 atom stereocenters. The van der Waals surface area contributed by atoms with Gasteiger partial charge in [0.1, 0.15) is 6.67 Å². The number of halogens is 3. The highest BCUT2D eigenvalue weighted by atomic mass is 79.9. The lowest BCUT2D eigenvalue weighted by Gasteiger charge is -2.00. The molecule has 0 saturated heterocycles. The third kappa shape index (κ3) is 3.07. The van der Waals surface area contributed by atoms with Crippen LogP contribution in [0.5, 0.6) is 0 Å². The Morgan fingerprint density at radius 3 is 2.73 bits per heavy atom. The van der Waals surface area contributed by atoms with Crippen molar-refractivity contribution in [3.63, 3.8) is 0 Å². The van der Waals surface area contributed by atoms with Crippen molar-refractivity contribution in [2.45, 2.75) is 6.04 Å². The van der Waals surface area contributed by atoms with Crippen molar-refractivity contribution < 1.29 is 4.39 Å². The molecule has 0 saturated carbocycles. The van der Waals surface area contributed by atoms with Gasteiger partial charge >= 0.3 is 0 Å². The van der Waals surface area contributed by atoms with Crippen molar-refractivity contribution in [2.75, 3.05) is 6.67 Å². The molecule has 2 N–H and O–H groups in total. The van der Waals surface area contributed by atoms with Gasteiger partial charge in [-0.05, 0) is 22.0 Å². The Labute approximate surface area is 83.3 Å². The van der Waals surface area contributed by atoms with Gasteiger partial charge < -0.3 is 5.73 Å². The second-order valence-electron chi connectivity index (χ2n) is 1.93. The first-order valence-electron chi connectivity index (χ1n) is 2.79. The third-order valence-electron chi connectivity index (χ3n) is 1.12. The molecule has 0 spiro atoms. The van der Waals surface area contributed by atoms with Crippen molar-refractivity contribution in [3.05, 3.63) is 20.8 Å². The maximum absolute atomic E-state index is 11.9. The van der Waals surface area contributed by atoms with Crippen LogP contribution in [-0.2, 0) is 0 Å². The minimum absolute atomic E-state index is 0. The van der Waals surface area contributed by atoms with Crippen LogP contribution in [0.3, 0.4) is 0 Å². The monoisotopic (exact) mass is 259 g/mol. The lowest BCUT2D eigenvalue weighted by Crippen LogP contribution is -2.09. The predicted octanol–water partition coefficient (Wildman–Crippen LogP) is 2.90. The number of thiophene rings is 1. The quantitative estimate of drug-likeness (QED) is 0.869. The number of hydrogen-bond donors (Lipinski definition) is 1. The molecule has 1 heterocycles. The molecule has 0 amide bonds.